The van der Waals surface area contributed by atoms with Gasteiger partial charge in [0, 0.05) is 50.5 Å². The fraction of sp³-hybridized carbons (Fsp3) is 0.565. The van der Waals surface area contributed by atoms with E-state index >= 15 is 0 Å². The Morgan fingerprint density at radius 2 is 2.03 bits per heavy atom. The Morgan fingerprint density at radius 1 is 1.26 bits per heavy atom. The van der Waals surface area contributed by atoms with Crippen molar-refractivity contribution >= 4 is 11.8 Å². The SMILES string of the molecule is CCCC(CCO)Nc1nc(N)nc(C)c1Cc1ccc(CN(C)CCOC)cc1O. The van der Waals surface area contributed by atoms with E-state index in [2.05, 4.69) is 27.1 Å². The standard InChI is InChI=1S/C23H37N5O3/c1-5-6-19(9-11-29)26-22-20(16(2)25-23(24)27-22)14-18-8-7-17(13-21(18)30)15-28(3)10-12-31-4/h7-8,13,19,29-30H,5-6,9-12,14-15H2,1-4H3,(H3,24,25,26,27). The van der Waals surface area contributed by atoms with Gasteiger partial charge in [0.25, 0.3) is 0 Å². The smallest absolute Gasteiger partial charge is 0.222 e. The molecule has 0 aliphatic rings. The van der Waals surface area contributed by atoms with Crippen LogP contribution in [0.2, 0.25) is 0 Å². The third-order valence-corrected chi connectivity index (χ3v) is 5.33. The number of nitrogen functional groups attached to an aromatic ring is 1. The highest BCUT2D eigenvalue weighted by molar-refractivity contribution is 5.53. The normalized spacial score (nSPS) is 12.3. The maximum absolute atomic E-state index is 10.7. The molecule has 8 nitrogen and oxygen atoms in total. The lowest BCUT2D eigenvalue weighted by molar-refractivity contribution is 0.158. The number of aromatic nitrogens is 2. The molecule has 2 rings (SSSR count). The highest BCUT2D eigenvalue weighted by Gasteiger charge is 2.17. The van der Waals surface area contributed by atoms with E-state index in [1.54, 1.807) is 7.11 Å². The number of nitrogens with zero attached hydrogens (tertiary/aromatic N) is 3. The van der Waals surface area contributed by atoms with E-state index in [1.807, 2.05) is 32.2 Å². The van der Waals surface area contributed by atoms with E-state index in [1.165, 1.54) is 0 Å². The number of aliphatic hydroxyl groups is 1. The van der Waals surface area contributed by atoms with Crippen molar-refractivity contribution in [2.45, 2.75) is 52.1 Å². The van der Waals surface area contributed by atoms with Crippen molar-refractivity contribution in [3.05, 3.63) is 40.6 Å². The molecule has 5 N–H and O–H groups in total. The predicted molar refractivity (Wildman–Crippen MR) is 124 cm³/mol. The van der Waals surface area contributed by atoms with Crippen LogP contribution in [0.15, 0.2) is 18.2 Å². The van der Waals surface area contributed by atoms with Crippen molar-refractivity contribution in [1.82, 2.24) is 14.9 Å². The molecule has 0 aliphatic carbocycles. The number of hydrogen-bond donors (Lipinski definition) is 4. The number of nitrogens with one attached hydrogen (secondary N) is 1. The molecule has 1 aromatic carbocycles. The summed E-state index contributed by atoms with van der Waals surface area (Å²) in [5.41, 5.74) is 9.41. The maximum Gasteiger partial charge on any atom is 0.222 e. The number of methoxy groups -OCH3 is 1. The lowest BCUT2D eigenvalue weighted by Crippen LogP contribution is -2.23. The number of aliphatic hydroxyl groups excluding tert-OH is 1. The molecule has 1 atom stereocenters. The first-order valence-corrected chi connectivity index (χ1v) is 10.9. The molecule has 0 amide bonds. The monoisotopic (exact) mass is 431 g/mol. The second kappa shape index (κ2) is 12.4. The van der Waals surface area contributed by atoms with Crippen molar-refractivity contribution in [3.8, 4) is 5.75 Å². The van der Waals surface area contributed by atoms with E-state index < -0.39 is 0 Å². The average Bonchev–Trinajstić information content (AvgIpc) is 2.70. The van der Waals surface area contributed by atoms with Gasteiger partial charge in [-0.1, -0.05) is 25.5 Å². The number of aryl methyl sites for hydroxylation is 1. The number of likely N-dealkylation sites (N-methyl/N-ethyl adjacent to an activating group) is 1. The Balaban J connectivity index is 2.23. The van der Waals surface area contributed by atoms with Crippen LogP contribution in [0.3, 0.4) is 0 Å². The molecule has 172 valence electrons. The third kappa shape index (κ3) is 7.65. The molecule has 1 heterocycles. The number of benzene rings is 1. The minimum Gasteiger partial charge on any atom is -0.508 e. The van der Waals surface area contributed by atoms with Crippen molar-refractivity contribution in [2.24, 2.45) is 0 Å². The summed E-state index contributed by atoms with van der Waals surface area (Å²) >= 11 is 0. The lowest BCUT2D eigenvalue weighted by Gasteiger charge is -2.21. The summed E-state index contributed by atoms with van der Waals surface area (Å²) in [5, 5.41) is 23.5. The third-order valence-electron chi connectivity index (χ3n) is 5.33. The second-order valence-electron chi connectivity index (χ2n) is 8.01. The summed E-state index contributed by atoms with van der Waals surface area (Å²) < 4.78 is 5.12. The molecule has 1 unspecified atom stereocenters. The first kappa shape index (κ1) is 24.8. The number of phenols is 1. The van der Waals surface area contributed by atoms with Crippen LogP contribution in [0.1, 0.15) is 48.6 Å². The zero-order valence-electron chi connectivity index (χ0n) is 19.2. The van der Waals surface area contributed by atoms with Crippen molar-refractivity contribution in [2.75, 3.05) is 45.0 Å². The number of phenolic OH excluding ortho intramolecular Hbond substituents is 1. The van der Waals surface area contributed by atoms with E-state index in [9.17, 15) is 10.2 Å². The van der Waals surface area contributed by atoms with Gasteiger partial charge in [-0.25, -0.2) is 4.98 Å². The quantitative estimate of drug-likeness (QED) is 0.382. The Hall–Kier alpha value is -2.42. The average molecular weight is 432 g/mol. The summed E-state index contributed by atoms with van der Waals surface area (Å²) in [4.78, 5) is 10.9. The van der Waals surface area contributed by atoms with E-state index in [0.29, 0.717) is 25.3 Å². The molecule has 8 heteroatoms. The van der Waals surface area contributed by atoms with E-state index in [0.717, 1.165) is 48.3 Å². The molecular formula is C23H37N5O3. The van der Waals surface area contributed by atoms with Crippen LogP contribution in [0, 0.1) is 6.92 Å². The van der Waals surface area contributed by atoms with Gasteiger partial charge in [-0.15, -0.1) is 0 Å². The first-order valence-electron chi connectivity index (χ1n) is 10.9. The molecule has 0 aliphatic heterocycles. The van der Waals surface area contributed by atoms with Crippen LogP contribution in [-0.2, 0) is 17.7 Å². The second-order valence-corrected chi connectivity index (χ2v) is 8.01. The summed E-state index contributed by atoms with van der Waals surface area (Å²) in [6.07, 6.45) is 3.03. The highest BCUT2D eigenvalue weighted by atomic mass is 16.5. The van der Waals surface area contributed by atoms with Crippen LogP contribution >= 0.6 is 0 Å². The van der Waals surface area contributed by atoms with Crippen molar-refractivity contribution < 1.29 is 14.9 Å². The molecule has 0 fully saturated rings. The number of nitrogens with two attached hydrogens (primary N) is 1. The molecule has 31 heavy (non-hydrogen) atoms. The molecule has 0 saturated heterocycles. The van der Waals surface area contributed by atoms with Gasteiger partial charge in [0.2, 0.25) is 5.95 Å². The lowest BCUT2D eigenvalue weighted by atomic mass is 10.0. The van der Waals surface area contributed by atoms with E-state index in [-0.39, 0.29) is 24.3 Å². The molecular weight excluding hydrogens is 394 g/mol. The number of ether oxygens (including phenoxy) is 1. The Morgan fingerprint density at radius 3 is 2.68 bits per heavy atom. The number of rotatable bonds is 13. The maximum atomic E-state index is 10.7. The Bertz CT molecular complexity index is 825. The van der Waals surface area contributed by atoms with Crippen LogP contribution in [0.5, 0.6) is 5.75 Å². The number of aromatic hydroxyl groups is 1. The van der Waals surface area contributed by atoms with Crippen molar-refractivity contribution in [1.29, 1.82) is 0 Å². The fourth-order valence-corrected chi connectivity index (χ4v) is 3.62. The molecule has 0 radical (unpaired) electrons. The molecule has 1 aromatic heterocycles. The van der Waals surface area contributed by atoms with E-state index in [4.69, 9.17) is 10.5 Å². The van der Waals surface area contributed by atoms with Crippen LogP contribution in [0.4, 0.5) is 11.8 Å². The molecule has 0 spiro atoms. The van der Waals surface area contributed by atoms with Crippen LogP contribution in [0.25, 0.3) is 0 Å². The fourth-order valence-electron chi connectivity index (χ4n) is 3.62. The summed E-state index contributed by atoms with van der Waals surface area (Å²) in [6.45, 7) is 6.33. The van der Waals surface area contributed by atoms with Crippen molar-refractivity contribution in [3.63, 3.8) is 0 Å². The van der Waals surface area contributed by atoms with Gasteiger partial charge in [-0.3, -0.25) is 4.90 Å². The van der Waals surface area contributed by atoms with Crippen LogP contribution in [-0.4, -0.2) is 65.0 Å². The predicted octanol–water partition coefficient (Wildman–Crippen LogP) is 2.70. The summed E-state index contributed by atoms with van der Waals surface area (Å²) in [7, 11) is 3.71. The first-order chi connectivity index (χ1) is 14.9. The zero-order valence-corrected chi connectivity index (χ0v) is 19.2. The Kier molecular flexibility index (Phi) is 9.97. The minimum absolute atomic E-state index is 0.0982. The molecule has 0 bridgehead atoms. The van der Waals surface area contributed by atoms with Gasteiger partial charge in [-0.05, 0) is 44.0 Å². The highest BCUT2D eigenvalue weighted by Crippen LogP contribution is 2.28. The minimum atomic E-state index is 0.0982. The molecule has 0 saturated carbocycles. The number of hydrogen-bond acceptors (Lipinski definition) is 8. The van der Waals surface area contributed by atoms with Gasteiger partial charge in [0.1, 0.15) is 11.6 Å². The topological polar surface area (TPSA) is 117 Å². The molecule has 2 aromatic rings. The van der Waals surface area contributed by atoms with Gasteiger partial charge >= 0.3 is 0 Å². The van der Waals surface area contributed by atoms with Gasteiger partial charge in [-0.2, -0.15) is 4.98 Å². The summed E-state index contributed by atoms with van der Waals surface area (Å²) in [6, 6.07) is 5.89. The van der Waals surface area contributed by atoms with Gasteiger partial charge < -0.3 is 26.0 Å². The van der Waals surface area contributed by atoms with Crippen LogP contribution < -0.4 is 11.1 Å². The zero-order chi connectivity index (χ0) is 22.8. The Labute approximate surface area is 185 Å². The summed E-state index contributed by atoms with van der Waals surface area (Å²) in [5.74, 6) is 1.13. The van der Waals surface area contributed by atoms with Gasteiger partial charge in [0.15, 0.2) is 0 Å². The largest absolute Gasteiger partial charge is 0.508 e. The number of anilines is 2. The van der Waals surface area contributed by atoms with Gasteiger partial charge in [0.05, 0.1) is 6.61 Å².